The molecule has 60 valence electrons. The standard InChI is InChI=1S/C7H17N3/c1-4-7(2)10-6-9-5-8-3/h6-8H,4-5H2,1-3H3,(H,9,10). The largest absolute Gasteiger partial charge is 0.374 e. The molecule has 0 saturated heterocycles. The molecule has 0 rings (SSSR count). The molecule has 0 aliphatic heterocycles. The van der Waals surface area contributed by atoms with E-state index in [1.165, 1.54) is 0 Å². The molecule has 2 N–H and O–H groups in total. The van der Waals surface area contributed by atoms with Gasteiger partial charge < -0.3 is 10.6 Å². The summed E-state index contributed by atoms with van der Waals surface area (Å²) in [5, 5.41) is 6.06. The maximum absolute atomic E-state index is 4.03. The molecule has 0 fully saturated rings. The van der Waals surface area contributed by atoms with Crippen molar-refractivity contribution in [1.29, 1.82) is 0 Å². The number of hydrogen-bond acceptors (Lipinski definition) is 2. The third kappa shape index (κ3) is 5.56. The summed E-state index contributed by atoms with van der Waals surface area (Å²) in [4.78, 5) is 4.03. The fourth-order valence-electron chi connectivity index (χ4n) is 0.435. The second-order valence-corrected chi connectivity index (χ2v) is 2.30. The smallest absolute Gasteiger partial charge is 0.0899 e. The van der Waals surface area contributed by atoms with E-state index in [2.05, 4.69) is 29.5 Å². The highest BCUT2D eigenvalue weighted by molar-refractivity contribution is 5.54. The summed E-state index contributed by atoms with van der Waals surface area (Å²) in [5.74, 6) is 0. The molecule has 0 radical (unpaired) electrons. The molecule has 3 nitrogen and oxygen atoms in total. The van der Waals surface area contributed by atoms with Gasteiger partial charge in [0.2, 0.25) is 0 Å². The van der Waals surface area contributed by atoms with Gasteiger partial charge in [0.15, 0.2) is 0 Å². The minimum Gasteiger partial charge on any atom is -0.374 e. The van der Waals surface area contributed by atoms with E-state index in [0.29, 0.717) is 12.7 Å². The lowest BCUT2D eigenvalue weighted by atomic mass is 10.3. The van der Waals surface area contributed by atoms with Gasteiger partial charge in [0.1, 0.15) is 0 Å². The zero-order valence-corrected chi connectivity index (χ0v) is 7.02. The van der Waals surface area contributed by atoms with Gasteiger partial charge in [0.05, 0.1) is 13.0 Å². The number of nitrogens with one attached hydrogen (secondary N) is 2. The average Bonchev–Trinajstić information content (AvgIpc) is 1.98. The van der Waals surface area contributed by atoms with Crippen LogP contribution in [-0.2, 0) is 0 Å². The molecule has 10 heavy (non-hydrogen) atoms. The summed E-state index contributed by atoms with van der Waals surface area (Å²) in [6, 6.07) is 0.528. The van der Waals surface area contributed by atoms with Crippen molar-refractivity contribution in [3.05, 3.63) is 0 Å². The van der Waals surface area contributed by atoms with E-state index in [9.17, 15) is 0 Å². The summed E-state index contributed by atoms with van der Waals surface area (Å²) in [6.07, 6.45) is 2.89. The van der Waals surface area contributed by atoms with Crippen molar-refractivity contribution in [2.45, 2.75) is 26.3 Å². The zero-order valence-electron chi connectivity index (χ0n) is 7.02. The van der Waals surface area contributed by atoms with Crippen LogP contribution in [0.4, 0.5) is 0 Å². The van der Waals surface area contributed by atoms with Crippen molar-refractivity contribution in [3.8, 4) is 0 Å². The van der Waals surface area contributed by atoms with Crippen LogP contribution < -0.4 is 10.6 Å². The predicted molar refractivity (Wildman–Crippen MR) is 45.3 cm³/mol. The quantitative estimate of drug-likeness (QED) is 0.436. The van der Waals surface area contributed by atoms with E-state index in [4.69, 9.17) is 0 Å². The molecule has 0 saturated carbocycles. The number of aliphatic imine (C=N–C) groups is 1. The normalized spacial score (nSPS) is 13.9. The number of hydrogen-bond donors (Lipinski definition) is 2. The Balaban J connectivity index is 3.16. The van der Waals surface area contributed by atoms with Gasteiger partial charge in [-0.3, -0.25) is 4.99 Å². The van der Waals surface area contributed by atoms with Crippen molar-refractivity contribution in [1.82, 2.24) is 10.6 Å². The molecule has 0 aromatic carbocycles. The molecule has 0 amide bonds. The van der Waals surface area contributed by atoms with Crippen LogP contribution in [0.2, 0.25) is 0 Å². The van der Waals surface area contributed by atoms with Crippen LogP contribution >= 0.6 is 0 Å². The van der Waals surface area contributed by atoms with Gasteiger partial charge >= 0.3 is 0 Å². The van der Waals surface area contributed by atoms with Crippen molar-refractivity contribution in [3.63, 3.8) is 0 Å². The first-order valence-corrected chi connectivity index (χ1v) is 3.70. The molecular weight excluding hydrogens is 126 g/mol. The summed E-state index contributed by atoms with van der Waals surface area (Å²) >= 11 is 0. The molecule has 3 heteroatoms. The van der Waals surface area contributed by atoms with Crippen LogP contribution in [0.15, 0.2) is 4.99 Å². The lowest BCUT2D eigenvalue weighted by molar-refractivity contribution is 0.646. The van der Waals surface area contributed by atoms with Crippen LogP contribution in [0, 0.1) is 0 Å². The van der Waals surface area contributed by atoms with Gasteiger partial charge in [-0.15, -0.1) is 0 Å². The Morgan fingerprint density at radius 3 is 2.80 bits per heavy atom. The Morgan fingerprint density at radius 2 is 2.30 bits per heavy atom. The predicted octanol–water partition coefficient (Wildman–Crippen LogP) is 0.580. The monoisotopic (exact) mass is 143 g/mol. The van der Waals surface area contributed by atoms with Crippen LogP contribution in [0.1, 0.15) is 20.3 Å². The number of nitrogens with zero attached hydrogens (tertiary/aromatic N) is 1. The highest BCUT2D eigenvalue weighted by Gasteiger charge is 1.89. The van der Waals surface area contributed by atoms with Crippen LogP contribution in [0.25, 0.3) is 0 Å². The SMILES string of the molecule is CCC(C)N/C=N\CNC. The molecular formula is C7H17N3. The van der Waals surface area contributed by atoms with Crippen molar-refractivity contribution in [2.75, 3.05) is 13.7 Å². The van der Waals surface area contributed by atoms with E-state index in [0.717, 1.165) is 6.42 Å². The first kappa shape index (κ1) is 9.43. The zero-order chi connectivity index (χ0) is 7.82. The summed E-state index contributed by atoms with van der Waals surface area (Å²) in [5.41, 5.74) is 0. The topological polar surface area (TPSA) is 36.4 Å². The lowest BCUT2D eigenvalue weighted by Crippen LogP contribution is -2.23. The Bertz CT molecular complexity index is 90.9. The van der Waals surface area contributed by atoms with E-state index in [1.807, 2.05) is 7.05 Å². The Kier molecular flexibility index (Phi) is 6.18. The number of rotatable bonds is 5. The van der Waals surface area contributed by atoms with Crippen LogP contribution in [0.3, 0.4) is 0 Å². The van der Waals surface area contributed by atoms with Crippen molar-refractivity contribution < 1.29 is 0 Å². The van der Waals surface area contributed by atoms with Gasteiger partial charge in [0, 0.05) is 6.04 Å². The average molecular weight is 143 g/mol. The van der Waals surface area contributed by atoms with E-state index < -0.39 is 0 Å². The molecule has 0 bridgehead atoms. The molecule has 0 aliphatic rings. The van der Waals surface area contributed by atoms with Gasteiger partial charge in [-0.25, -0.2) is 0 Å². The third-order valence-electron chi connectivity index (χ3n) is 1.31. The first-order chi connectivity index (χ1) is 4.81. The minimum atomic E-state index is 0.528. The molecule has 0 aromatic rings. The highest BCUT2D eigenvalue weighted by atomic mass is 15.0. The second-order valence-electron chi connectivity index (χ2n) is 2.30. The molecule has 1 atom stereocenters. The lowest BCUT2D eigenvalue weighted by Gasteiger charge is -2.05. The fraction of sp³-hybridized carbons (Fsp3) is 0.857. The molecule has 0 aliphatic carbocycles. The van der Waals surface area contributed by atoms with Crippen molar-refractivity contribution in [2.24, 2.45) is 4.99 Å². The molecule has 0 heterocycles. The van der Waals surface area contributed by atoms with Gasteiger partial charge in [-0.1, -0.05) is 6.92 Å². The third-order valence-corrected chi connectivity index (χ3v) is 1.31. The molecule has 1 unspecified atom stereocenters. The second kappa shape index (κ2) is 6.55. The fourth-order valence-corrected chi connectivity index (χ4v) is 0.435. The van der Waals surface area contributed by atoms with Gasteiger partial charge in [-0.05, 0) is 20.4 Å². The Labute approximate surface area is 62.9 Å². The van der Waals surface area contributed by atoms with Gasteiger partial charge in [-0.2, -0.15) is 0 Å². The van der Waals surface area contributed by atoms with Crippen LogP contribution in [0.5, 0.6) is 0 Å². The molecule has 0 aromatic heterocycles. The minimum absolute atomic E-state index is 0.528. The summed E-state index contributed by atoms with van der Waals surface area (Å²) in [6.45, 7) is 4.96. The van der Waals surface area contributed by atoms with E-state index in [1.54, 1.807) is 6.34 Å². The first-order valence-electron chi connectivity index (χ1n) is 3.70. The summed E-state index contributed by atoms with van der Waals surface area (Å²) < 4.78 is 0. The Morgan fingerprint density at radius 1 is 1.60 bits per heavy atom. The van der Waals surface area contributed by atoms with E-state index >= 15 is 0 Å². The van der Waals surface area contributed by atoms with E-state index in [-0.39, 0.29) is 0 Å². The van der Waals surface area contributed by atoms with Crippen LogP contribution in [-0.4, -0.2) is 26.1 Å². The van der Waals surface area contributed by atoms with Crippen molar-refractivity contribution >= 4 is 6.34 Å². The highest BCUT2D eigenvalue weighted by Crippen LogP contribution is 1.83. The Hall–Kier alpha value is -0.570. The van der Waals surface area contributed by atoms with Gasteiger partial charge in [0.25, 0.3) is 0 Å². The maximum atomic E-state index is 4.03. The summed E-state index contributed by atoms with van der Waals surface area (Å²) in [7, 11) is 1.88. The molecule has 0 spiro atoms. The maximum Gasteiger partial charge on any atom is 0.0899 e.